The van der Waals surface area contributed by atoms with E-state index in [2.05, 4.69) is 5.32 Å². The number of halogens is 1. The average molecular weight is 534 g/mol. The Hall–Kier alpha value is -2.91. The molecule has 8 nitrogen and oxygen atoms in total. The Morgan fingerprint density at radius 1 is 1.08 bits per heavy atom. The Morgan fingerprint density at radius 2 is 1.75 bits per heavy atom. The minimum atomic E-state index is -3.94. The molecule has 0 bridgehead atoms. The highest BCUT2D eigenvalue weighted by molar-refractivity contribution is 7.90. The quantitative estimate of drug-likeness (QED) is 0.472. The number of nitrogens with zero attached hydrogens (tertiary/aromatic N) is 2. The molecule has 0 saturated heterocycles. The Balaban J connectivity index is 1.75. The number of amides is 3. The topological polar surface area (TPSA) is 104 Å². The van der Waals surface area contributed by atoms with Gasteiger partial charge in [0.15, 0.2) is 0 Å². The summed E-state index contributed by atoms with van der Waals surface area (Å²) >= 11 is 6.34. The molecule has 0 unspecified atom stereocenters. The van der Waals surface area contributed by atoms with E-state index in [9.17, 15) is 22.8 Å². The van der Waals surface area contributed by atoms with Gasteiger partial charge >= 0.3 is 0 Å². The van der Waals surface area contributed by atoms with Gasteiger partial charge in [0.25, 0.3) is 15.9 Å². The summed E-state index contributed by atoms with van der Waals surface area (Å²) in [6.45, 7) is 6.30. The second-order valence-corrected chi connectivity index (χ2v) is 11.4. The fourth-order valence-corrected chi connectivity index (χ4v) is 5.92. The van der Waals surface area contributed by atoms with E-state index >= 15 is 0 Å². The summed E-state index contributed by atoms with van der Waals surface area (Å²) in [7, 11) is -3.94. The number of carbonyl (C=O) groups excluding carboxylic acids is 3. The molecule has 1 N–H and O–H groups in total. The van der Waals surface area contributed by atoms with Crippen molar-refractivity contribution in [2.24, 2.45) is 5.92 Å². The maximum Gasteiger partial charge on any atom is 0.269 e. The molecule has 36 heavy (non-hydrogen) atoms. The van der Waals surface area contributed by atoms with Crippen LogP contribution in [0.1, 0.15) is 56.0 Å². The SMILES string of the molecule is CC[C@@H](C(=O)NCC(C)C)N(Cc1ccccc1Cl)C(=O)CCCN1C(=O)c2ccccc2S1(=O)=O. The van der Waals surface area contributed by atoms with Crippen molar-refractivity contribution >= 4 is 39.3 Å². The van der Waals surface area contributed by atoms with Gasteiger partial charge in [-0.1, -0.05) is 62.7 Å². The molecule has 3 rings (SSSR count). The lowest BCUT2D eigenvalue weighted by Gasteiger charge is -2.31. The summed E-state index contributed by atoms with van der Waals surface area (Å²) in [5.41, 5.74) is 0.840. The third-order valence-electron chi connectivity index (χ3n) is 6.03. The van der Waals surface area contributed by atoms with E-state index in [-0.39, 0.29) is 54.1 Å². The highest BCUT2D eigenvalue weighted by atomic mass is 35.5. The molecule has 0 fully saturated rings. The van der Waals surface area contributed by atoms with Crippen LogP contribution in [0.3, 0.4) is 0 Å². The molecule has 10 heteroatoms. The van der Waals surface area contributed by atoms with Crippen molar-refractivity contribution in [2.75, 3.05) is 13.1 Å². The first kappa shape index (κ1) is 27.7. The summed E-state index contributed by atoms with van der Waals surface area (Å²) in [5, 5.41) is 3.38. The second kappa shape index (κ2) is 11.9. The molecule has 1 atom stereocenters. The van der Waals surface area contributed by atoms with E-state index in [4.69, 9.17) is 11.6 Å². The lowest BCUT2D eigenvalue weighted by molar-refractivity contribution is -0.141. The molecule has 0 spiro atoms. The average Bonchev–Trinajstić information content (AvgIpc) is 3.04. The van der Waals surface area contributed by atoms with Crippen molar-refractivity contribution in [1.29, 1.82) is 0 Å². The summed E-state index contributed by atoms with van der Waals surface area (Å²) in [5.74, 6) is -0.906. The van der Waals surface area contributed by atoms with Gasteiger partial charge in [0, 0.05) is 31.1 Å². The second-order valence-electron chi connectivity index (χ2n) is 9.16. The highest BCUT2D eigenvalue weighted by Gasteiger charge is 2.40. The third-order valence-corrected chi connectivity index (χ3v) is 8.24. The lowest BCUT2D eigenvalue weighted by Crippen LogP contribution is -2.49. The van der Waals surface area contributed by atoms with Crippen LogP contribution in [0, 0.1) is 5.92 Å². The van der Waals surface area contributed by atoms with E-state index in [0.717, 1.165) is 4.31 Å². The van der Waals surface area contributed by atoms with Crippen LogP contribution in [-0.4, -0.2) is 54.5 Å². The van der Waals surface area contributed by atoms with E-state index in [1.807, 2.05) is 26.8 Å². The number of fused-ring (bicyclic) bond motifs is 1. The van der Waals surface area contributed by atoms with E-state index in [0.29, 0.717) is 23.6 Å². The molecule has 0 saturated carbocycles. The number of rotatable bonds is 11. The van der Waals surface area contributed by atoms with Crippen LogP contribution < -0.4 is 5.32 Å². The number of nitrogens with one attached hydrogen (secondary N) is 1. The zero-order valence-electron chi connectivity index (χ0n) is 20.7. The largest absolute Gasteiger partial charge is 0.354 e. The van der Waals surface area contributed by atoms with Crippen LogP contribution in [0.5, 0.6) is 0 Å². The monoisotopic (exact) mass is 533 g/mol. The molecule has 0 aromatic heterocycles. The number of sulfonamides is 1. The first-order valence-electron chi connectivity index (χ1n) is 12.0. The van der Waals surface area contributed by atoms with Crippen LogP contribution in [0.25, 0.3) is 0 Å². The fourth-order valence-electron chi connectivity index (χ4n) is 4.12. The predicted octanol–water partition coefficient (Wildman–Crippen LogP) is 3.84. The molecule has 194 valence electrons. The zero-order chi connectivity index (χ0) is 26.5. The molecule has 0 aliphatic carbocycles. The van der Waals surface area contributed by atoms with Gasteiger partial charge in [0.1, 0.15) is 10.9 Å². The molecule has 0 radical (unpaired) electrons. The van der Waals surface area contributed by atoms with Crippen molar-refractivity contribution < 1.29 is 22.8 Å². The number of hydrogen-bond acceptors (Lipinski definition) is 5. The lowest BCUT2D eigenvalue weighted by atomic mass is 10.1. The Kier molecular flexibility index (Phi) is 9.13. The van der Waals surface area contributed by atoms with Crippen LogP contribution in [0.4, 0.5) is 0 Å². The molecule has 1 aliphatic rings. The van der Waals surface area contributed by atoms with Gasteiger partial charge in [-0.05, 0) is 42.5 Å². The number of carbonyl (C=O) groups is 3. The van der Waals surface area contributed by atoms with Crippen molar-refractivity contribution in [1.82, 2.24) is 14.5 Å². The summed E-state index contributed by atoms with van der Waals surface area (Å²) in [4.78, 5) is 40.5. The zero-order valence-corrected chi connectivity index (χ0v) is 22.3. The molecule has 1 aliphatic heterocycles. The molecule has 2 aromatic rings. The van der Waals surface area contributed by atoms with Crippen molar-refractivity contribution in [3.05, 3.63) is 64.7 Å². The molecule has 1 heterocycles. The molecule has 2 aromatic carbocycles. The molecular formula is C26H32ClN3O5S. The maximum absolute atomic E-state index is 13.4. The number of hydrogen-bond donors (Lipinski definition) is 1. The van der Waals surface area contributed by atoms with Crippen molar-refractivity contribution in [3.63, 3.8) is 0 Å². The summed E-state index contributed by atoms with van der Waals surface area (Å²) < 4.78 is 26.4. The van der Waals surface area contributed by atoms with E-state index < -0.39 is 22.0 Å². The smallest absolute Gasteiger partial charge is 0.269 e. The van der Waals surface area contributed by atoms with Gasteiger partial charge in [0.2, 0.25) is 11.8 Å². The van der Waals surface area contributed by atoms with Crippen LogP contribution in [-0.2, 0) is 26.2 Å². The minimum absolute atomic E-state index is 0.0189. The molecule has 3 amide bonds. The summed E-state index contributed by atoms with van der Waals surface area (Å²) in [6.07, 6.45) is 0.489. The van der Waals surface area contributed by atoms with Crippen molar-refractivity contribution in [2.45, 2.75) is 57.5 Å². The van der Waals surface area contributed by atoms with Crippen LogP contribution >= 0.6 is 11.6 Å². The Labute approximate surface area is 217 Å². The van der Waals surface area contributed by atoms with Gasteiger partial charge in [0.05, 0.1) is 5.56 Å². The normalized spacial score (nSPS) is 15.0. The number of benzene rings is 2. The predicted molar refractivity (Wildman–Crippen MR) is 138 cm³/mol. The Morgan fingerprint density at radius 3 is 2.39 bits per heavy atom. The van der Waals surface area contributed by atoms with E-state index in [1.54, 1.807) is 30.3 Å². The fraction of sp³-hybridized carbons (Fsp3) is 0.423. The van der Waals surface area contributed by atoms with Crippen LogP contribution in [0.2, 0.25) is 5.02 Å². The van der Waals surface area contributed by atoms with Crippen LogP contribution in [0.15, 0.2) is 53.4 Å². The highest BCUT2D eigenvalue weighted by Crippen LogP contribution is 2.30. The first-order chi connectivity index (χ1) is 17.1. The maximum atomic E-state index is 13.4. The van der Waals surface area contributed by atoms with Gasteiger partial charge in [-0.3, -0.25) is 14.4 Å². The standard InChI is InChI=1S/C26H32ClN3O5S/c1-4-22(25(32)28-16-18(2)3)29(17-19-10-5-7-12-21(19)27)24(31)14-9-15-30-26(33)20-11-6-8-13-23(20)36(30,34)35/h5-8,10-13,18,22H,4,9,14-17H2,1-3H3,(H,28,32)/t22-/m0/s1. The van der Waals surface area contributed by atoms with Gasteiger partial charge in [-0.15, -0.1) is 0 Å². The van der Waals surface area contributed by atoms with Crippen molar-refractivity contribution in [3.8, 4) is 0 Å². The van der Waals surface area contributed by atoms with Gasteiger partial charge in [-0.2, -0.15) is 0 Å². The first-order valence-corrected chi connectivity index (χ1v) is 13.9. The summed E-state index contributed by atoms with van der Waals surface area (Å²) in [6, 6.07) is 12.5. The van der Waals surface area contributed by atoms with Gasteiger partial charge < -0.3 is 10.2 Å². The van der Waals surface area contributed by atoms with Gasteiger partial charge in [-0.25, -0.2) is 12.7 Å². The minimum Gasteiger partial charge on any atom is -0.354 e. The Bertz CT molecular complexity index is 1230. The van der Waals surface area contributed by atoms with E-state index in [1.165, 1.54) is 17.0 Å². The molecular weight excluding hydrogens is 502 g/mol. The third kappa shape index (κ3) is 6.07.